The fourth-order valence-corrected chi connectivity index (χ4v) is 2.13. The third-order valence-electron chi connectivity index (χ3n) is 3.10. The molecule has 4 atom stereocenters. The second-order valence-electron chi connectivity index (χ2n) is 3.93. The van der Waals surface area contributed by atoms with Gasteiger partial charge in [-0.2, -0.15) is 11.1 Å². The standard InChI is InChI=1S/C6H16N8/c1-3-4-5(9-13(3)2)10-14-6(7-4)8-11-12-14/h3-12H,1-2H3. The molecule has 3 aliphatic rings. The minimum atomic E-state index is 0.0759. The lowest BCUT2D eigenvalue weighted by atomic mass is 10.1. The maximum atomic E-state index is 3.48. The highest BCUT2D eigenvalue weighted by Gasteiger charge is 2.45. The first kappa shape index (κ1) is 8.95. The predicted octanol–water partition coefficient (Wildman–Crippen LogP) is -3.26. The average molecular weight is 200 g/mol. The summed E-state index contributed by atoms with van der Waals surface area (Å²) in [7, 11) is 2.05. The van der Waals surface area contributed by atoms with E-state index >= 15 is 0 Å². The van der Waals surface area contributed by atoms with E-state index in [0.29, 0.717) is 12.1 Å². The highest BCUT2D eigenvalue weighted by Crippen LogP contribution is 2.16. The lowest BCUT2D eigenvalue weighted by Crippen LogP contribution is -2.72. The molecule has 6 N–H and O–H groups in total. The van der Waals surface area contributed by atoms with E-state index in [9.17, 15) is 0 Å². The monoisotopic (exact) mass is 200 g/mol. The van der Waals surface area contributed by atoms with Crippen molar-refractivity contribution in [2.75, 3.05) is 7.05 Å². The lowest BCUT2D eigenvalue weighted by Gasteiger charge is -2.37. The molecular weight excluding hydrogens is 184 g/mol. The average Bonchev–Trinajstić information content (AvgIpc) is 2.70. The minimum absolute atomic E-state index is 0.0759. The number of rotatable bonds is 0. The molecule has 0 saturated carbocycles. The third-order valence-corrected chi connectivity index (χ3v) is 3.10. The molecule has 80 valence electrons. The zero-order chi connectivity index (χ0) is 9.71. The zero-order valence-corrected chi connectivity index (χ0v) is 8.20. The van der Waals surface area contributed by atoms with Gasteiger partial charge in [0, 0.05) is 13.1 Å². The Morgan fingerprint density at radius 2 is 2.07 bits per heavy atom. The van der Waals surface area contributed by atoms with Crippen LogP contribution in [0.15, 0.2) is 0 Å². The van der Waals surface area contributed by atoms with Crippen LogP contribution in [-0.4, -0.2) is 41.7 Å². The topological polar surface area (TPSA) is 78.7 Å². The third kappa shape index (κ3) is 1.17. The number of hydrogen-bond donors (Lipinski definition) is 6. The van der Waals surface area contributed by atoms with E-state index in [4.69, 9.17) is 0 Å². The molecule has 0 bridgehead atoms. The second-order valence-corrected chi connectivity index (χ2v) is 3.93. The smallest absolute Gasteiger partial charge is 0.157 e. The van der Waals surface area contributed by atoms with Crippen LogP contribution in [0.3, 0.4) is 0 Å². The molecular formula is C6H16N8. The summed E-state index contributed by atoms with van der Waals surface area (Å²) in [5, 5.41) is 7.46. The molecule has 3 heterocycles. The van der Waals surface area contributed by atoms with Crippen molar-refractivity contribution in [3.63, 3.8) is 0 Å². The number of likely N-dealkylation sites (N-methyl/N-ethyl adjacent to an activating group) is 1. The summed E-state index contributed by atoms with van der Waals surface area (Å²) in [5.41, 5.74) is 15.5. The number of hydrogen-bond acceptors (Lipinski definition) is 8. The molecule has 3 rings (SSSR count). The molecule has 0 aliphatic carbocycles. The molecule has 0 amide bonds. The number of fused-ring (bicyclic) bond motifs is 2. The van der Waals surface area contributed by atoms with Crippen LogP contribution < -0.4 is 32.7 Å². The number of hydrazine groups is 5. The molecule has 0 aromatic rings. The van der Waals surface area contributed by atoms with Gasteiger partial charge in [0.15, 0.2) is 6.29 Å². The first-order valence-corrected chi connectivity index (χ1v) is 4.82. The van der Waals surface area contributed by atoms with E-state index in [2.05, 4.69) is 51.6 Å². The summed E-state index contributed by atoms with van der Waals surface area (Å²) in [6, 6.07) is 0.840. The van der Waals surface area contributed by atoms with Gasteiger partial charge in [-0.15, -0.1) is 5.12 Å². The van der Waals surface area contributed by atoms with Crippen LogP contribution in [0, 0.1) is 0 Å². The van der Waals surface area contributed by atoms with Crippen LogP contribution in [0.1, 0.15) is 6.92 Å². The van der Waals surface area contributed by atoms with E-state index < -0.39 is 0 Å². The van der Waals surface area contributed by atoms with Crippen LogP contribution in [0.4, 0.5) is 0 Å². The Morgan fingerprint density at radius 1 is 1.21 bits per heavy atom. The molecule has 8 nitrogen and oxygen atoms in total. The summed E-state index contributed by atoms with van der Waals surface area (Å²) in [5.74, 6) is 0. The van der Waals surface area contributed by atoms with Gasteiger partial charge in [-0.1, -0.05) is 0 Å². The van der Waals surface area contributed by atoms with Crippen molar-refractivity contribution in [2.45, 2.75) is 31.5 Å². The highest BCUT2D eigenvalue weighted by atomic mass is 16.0. The van der Waals surface area contributed by atoms with Crippen molar-refractivity contribution in [3.05, 3.63) is 0 Å². The van der Waals surface area contributed by atoms with E-state index in [1.54, 1.807) is 0 Å². The normalized spacial score (nSPS) is 49.3. The first-order chi connectivity index (χ1) is 6.75. The second kappa shape index (κ2) is 3.08. The Bertz CT molecular complexity index is 234. The van der Waals surface area contributed by atoms with Gasteiger partial charge in [0.1, 0.15) is 6.17 Å². The summed E-state index contributed by atoms with van der Waals surface area (Å²) in [6.07, 6.45) is 0.299. The van der Waals surface area contributed by atoms with Crippen LogP contribution in [0.5, 0.6) is 0 Å². The minimum Gasteiger partial charge on any atom is -0.279 e. The van der Waals surface area contributed by atoms with E-state index in [-0.39, 0.29) is 12.5 Å². The first-order valence-electron chi connectivity index (χ1n) is 4.82. The van der Waals surface area contributed by atoms with Crippen molar-refractivity contribution in [1.29, 1.82) is 0 Å². The van der Waals surface area contributed by atoms with Gasteiger partial charge < -0.3 is 0 Å². The Morgan fingerprint density at radius 3 is 2.93 bits per heavy atom. The Balaban J connectivity index is 1.76. The summed E-state index contributed by atoms with van der Waals surface area (Å²) in [4.78, 5) is 0. The Kier molecular flexibility index (Phi) is 1.97. The van der Waals surface area contributed by atoms with Gasteiger partial charge in [0.25, 0.3) is 0 Å². The largest absolute Gasteiger partial charge is 0.279 e. The fraction of sp³-hybridized carbons (Fsp3) is 1.00. The van der Waals surface area contributed by atoms with Crippen molar-refractivity contribution in [3.8, 4) is 0 Å². The molecule has 0 aromatic carbocycles. The van der Waals surface area contributed by atoms with Crippen molar-refractivity contribution in [2.24, 2.45) is 0 Å². The molecule has 3 saturated heterocycles. The SMILES string of the molecule is CC1C2NC3NNNN3NC2NN1C. The molecule has 3 fully saturated rings. The lowest BCUT2D eigenvalue weighted by molar-refractivity contribution is 0.00231. The molecule has 3 aliphatic heterocycles. The van der Waals surface area contributed by atoms with Crippen molar-refractivity contribution >= 4 is 0 Å². The van der Waals surface area contributed by atoms with Gasteiger partial charge in [0.05, 0.1) is 6.04 Å². The van der Waals surface area contributed by atoms with Crippen LogP contribution >= 0.6 is 0 Å². The van der Waals surface area contributed by atoms with Gasteiger partial charge in [-0.05, 0) is 6.92 Å². The van der Waals surface area contributed by atoms with Crippen LogP contribution in [-0.2, 0) is 0 Å². The quantitative estimate of drug-likeness (QED) is 0.243. The van der Waals surface area contributed by atoms with Gasteiger partial charge in [-0.25, -0.2) is 21.3 Å². The summed E-state index contributed by atoms with van der Waals surface area (Å²) in [6.45, 7) is 2.19. The zero-order valence-electron chi connectivity index (χ0n) is 8.20. The van der Waals surface area contributed by atoms with Gasteiger partial charge in [0.2, 0.25) is 0 Å². The molecule has 0 spiro atoms. The Labute approximate surface area is 82.2 Å². The molecule has 0 aromatic heterocycles. The maximum absolute atomic E-state index is 3.48. The van der Waals surface area contributed by atoms with Crippen molar-refractivity contribution in [1.82, 2.24) is 42.8 Å². The summed E-state index contributed by atoms with van der Waals surface area (Å²) < 4.78 is 0. The Hall–Kier alpha value is -0.320. The van der Waals surface area contributed by atoms with E-state index in [1.807, 2.05) is 5.12 Å². The number of nitrogens with zero attached hydrogens (tertiary/aromatic N) is 2. The van der Waals surface area contributed by atoms with E-state index in [1.165, 1.54) is 0 Å². The maximum Gasteiger partial charge on any atom is 0.157 e. The summed E-state index contributed by atoms with van der Waals surface area (Å²) >= 11 is 0. The van der Waals surface area contributed by atoms with Gasteiger partial charge >= 0.3 is 0 Å². The van der Waals surface area contributed by atoms with Crippen molar-refractivity contribution < 1.29 is 0 Å². The molecule has 14 heavy (non-hydrogen) atoms. The number of nitrogens with one attached hydrogen (secondary N) is 6. The van der Waals surface area contributed by atoms with Gasteiger partial charge in [-0.3, -0.25) is 5.32 Å². The highest BCUT2D eigenvalue weighted by molar-refractivity contribution is 4.97. The molecule has 0 radical (unpaired) electrons. The predicted molar refractivity (Wildman–Crippen MR) is 49.2 cm³/mol. The molecule has 4 unspecified atom stereocenters. The fourth-order valence-electron chi connectivity index (χ4n) is 2.13. The van der Waals surface area contributed by atoms with Crippen LogP contribution in [0.2, 0.25) is 0 Å². The van der Waals surface area contributed by atoms with E-state index in [0.717, 1.165) is 0 Å². The van der Waals surface area contributed by atoms with Crippen LogP contribution in [0.25, 0.3) is 0 Å². The molecule has 8 heteroatoms.